The van der Waals surface area contributed by atoms with Crippen LogP contribution in [-0.4, -0.2) is 5.75 Å². The molecule has 80 valence electrons. The molecule has 0 amide bonds. The molecule has 0 aromatic heterocycles. The van der Waals surface area contributed by atoms with Gasteiger partial charge < -0.3 is 0 Å². The van der Waals surface area contributed by atoms with E-state index in [1.807, 2.05) is 0 Å². The van der Waals surface area contributed by atoms with Crippen molar-refractivity contribution >= 4 is 11.8 Å². The minimum Gasteiger partial charge on any atom is -0.126 e. The second kappa shape index (κ2) is 3.28. The summed E-state index contributed by atoms with van der Waals surface area (Å²) < 4.78 is 0. The maximum absolute atomic E-state index is 2.48. The summed E-state index contributed by atoms with van der Waals surface area (Å²) in [4.78, 5) is 1.55. The van der Waals surface area contributed by atoms with Gasteiger partial charge in [-0.2, -0.15) is 0 Å². The molecular weight excluding hydrogens is 200 g/mol. The number of rotatable bonds is 0. The molecule has 0 nitrogen and oxygen atoms in total. The number of benzene rings is 1. The third kappa shape index (κ3) is 1.36. The monoisotopic (exact) mass is 218 g/mol. The van der Waals surface area contributed by atoms with Gasteiger partial charge in [-0.15, -0.1) is 11.8 Å². The van der Waals surface area contributed by atoms with Crippen molar-refractivity contribution in [1.29, 1.82) is 0 Å². The van der Waals surface area contributed by atoms with Gasteiger partial charge in [0, 0.05) is 10.6 Å². The third-order valence-corrected chi connectivity index (χ3v) is 5.56. The van der Waals surface area contributed by atoms with Gasteiger partial charge >= 0.3 is 0 Å². The molecule has 1 fully saturated rings. The molecule has 1 heterocycles. The predicted molar refractivity (Wildman–Crippen MR) is 66.6 cm³/mol. The van der Waals surface area contributed by atoms with Crippen molar-refractivity contribution in [3.63, 3.8) is 0 Å². The standard InChI is InChI=1S/C14H18S/c1-10-5-6-12-13(8-10)15-9-11-4-3-7-14(11,12)2/h5-6,8,11H,3-4,7,9H2,1-2H3/t11-,14-/m0/s1. The number of fused-ring (bicyclic) bond motifs is 3. The van der Waals surface area contributed by atoms with Crippen molar-refractivity contribution in [2.45, 2.75) is 43.4 Å². The van der Waals surface area contributed by atoms with Crippen molar-refractivity contribution in [1.82, 2.24) is 0 Å². The van der Waals surface area contributed by atoms with Crippen molar-refractivity contribution in [3.05, 3.63) is 29.3 Å². The van der Waals surface area contributed by atoms with Gasteiger partial charge in [-0.25, -0.2) is 0 Å². The van der Waals surface area contributed by atoms with Crippen molar-refractivity contribution in [3.8, 4) is 0 Å². The van der Waals surface area contributed by atoms with Crippen LogP contribution in [0.1, 0.15) is 37.3 Å². The average molecular weight is 218 g/mol. The molecule has 15 heavy (non-hydrogen) atoms. The van der Waals surface area contributed by atoms with E-state index in [4.69, 9.17) is 0 Å². The smallest absolute Gasteiger partial charge is 0.0112 e. The Balaban J connectivity index is 2.14. The second-order valence-corrected chi connectivity index (χ2v) is 6.38. The van der Waals surface area contributed by atoms with Crippen LogP contribution in [0, 0.1) is 12.8 Å². The Labute approximate surface area is 96.5 Å². The maximum Gasteiger partial charge on any atom is 0.0112 e. The summed E-state index contributed by atoms with van der Waals surface area (Å²) in [5.74, 6) is 2.27. The molecule has 0 radical (unpaired) electrons. The Kier molecular flexibility index (Phi) is 2.14. The van der Waals surface area contributed by atoms with Gasteiger partial charge in [-0.3, -0.25) is 0 Å². The van der Waals surface area contributed by atoms with Gasteiger partial charge in [0.25, 0.3) is 0 Å². The first-order valence-corrected chi connectivity index (χ1v) is 6.93. The van der Waals surface area contributed by atoms with Crippen LogP contribution in [0.4, 0.5) is 0 Å². The molecule has 1 aliphatic heterocycles. The minimum absolute atomic E-state index is 0.494. The molecule has 3 rings (SSSR count). The number of hydrogen-bond acceptors (Lipinski definition) is 1. The largest absolute Gasteiger partial charge is 0.126 e. The van der Waals surface area contributed by atoms with E-state index in [9.17, 15) is 0 Å². The Morgan fingerprint density at radius 1 is 1.40 bits per heavy atom. The molecule has 0 saturated heterocycles. The third-order valence-electron chi connectivity index (χ3n) is 4.34. The lowest BCUT2D eigenvalue weighted by molar-refractivity contribution is 0.364. The van der Waals surface area contributed by atoms with Gasteiger partial charge in [0.15, 0.2) is 0 Å². The quantitative estimate of drug-likeness (QED) is 0.630. The zero-order valence-electron chi connectivity index (χ0n) is 9.55. The number of aryl methyl sites for hydroxylation is 1. The van der Waals surface area contributed by atoms with Crippen LogP contribution in [0.2, 0.25) is 0 Å². The highest BCUT2D eigenvalue weighted by Crippen LogP contribution is 2.53. The Morgan fingerprint density at radius 2 is 2.27 bits per heavy atom. The molecule has 1 aromatic rings. The van der Waals surface area contributed by atoms with Gasteiger partial charge in [-0.1, -0.05) is 25.5 Å². The first kappa shape index (κ1) is 9.77. The van der Waals surface area contributed by atoms with Crippen LogP contribution < -0.4 is 0 Å². The lowest BCUT2D eigenvalue weighted by Crippen LogP contribution is -2.32. The van der Waals surface area contributed by atoms with E-state index in [-0.39, 0.29) is 0 Å². The van der Waals surface area contributed by atoms with E-state index < -0.39 is 0 Å². The molecular formula is C14H18S. The van der Waals surface area contributed by atoms with Crippen molar-refractivity contribution in [2.24, 2.45) is 5.92 Å². The Bertz CT molecular complexity index is 396. The lowest BCUT2D eigenvalue weighted by Gasteiger charge is -2.38. The Morgan fingerprint density at radius 3 is 3.13 bits per heavy atom. The van der Waals surface area contributed by atoms with Crippen LogP contribution >= 0.6 is 11.8 Å². The van der Waals surface area contributed by atoms with Crippen LogP contribution in [0.5, 0.6) is 0 Å². The van der Waals surface area contributed by atoms with Crippen LogP contribution in [-0.2, 0) is 5.41 Å². The highest BCUT2D eigenvalue weighted by atomic mass is 32.2. The topological polar surface area (TPSA) is 0 Å². The summed E-state index contributed by atoms with van der Waals surface area (Å²) in [5.41, 5.74) is 3.53. The SMILES string of the molecule is Cc1ccc2c(c1)SC[C@@H]1CCC[C@]21C. The highest BCUT2D eigenvalue weighted by molar-refractivity contribution is 7.99. The summed E-state index contributed by atoms with van der Waals surface area (Å²) in [6.07, 6.45) is 4.26. The van der Waals surface area contributed by atoms with Crippen LogP contribution in [0.3, 0.4) is 0 Å². The normalized spacial score (nSPS) is 33.6. The molecule has 0 N–H and O–H groups in total. The lowest BCUT2D eigenvalue weighted by atomic mass is 9.74. The van der Waals surface area contributed by atoms with Crippen molar-refractivity contribution in [2.75, 3.05) is 5.75 Å². The van der Waals surface area contributed by atoms with Crippen molar-refractivity contribution < 1.29 is 0 Å². The van der Waals surface area contributed by atoms with Crippen LogP contribution in [0.15, 0.2) is 23.1 Å². The molecule has 0 spiro atoms. The van der Waals surface area contributed by atoms with Gasteiger partial charge in [0.1, 0.15) is 0 Å². The van der Waals surface area contributed by atoms with E-state index in [0.717, 1.165) is 5.92 Å². The fourth-order valence-electron chi connectivity index (χ4n) is 3.27. The van der Waals surface area contributed by atoms with E-state index in [2.05, 4.69) is 43.8 Å². The fraction of sp³-hybridized carbons (Fsp3) is 0.571. The summed E-state index contributed by atoms with van der Waals surface area (Å²) in [7, 11) is 0. The predicted octanol–water partition coefficient (Wildman–Crippen LogP) is 4.16. The first-order valence-electron chi connectivity index (χ1n) is 5.94. The molecule has 0 bridgehead atoms. The molecule has 1 aromatic carbocycles. The van der Waals surface area contributed by atoms with E-state index in [0.29, 0.717) is 5.41 Å². The zero-order chi connectivity index (χ0) is 10.5. The molecule has 2 aliphatic rings. The number of hydrogen-bond donors (Lipinski definition) is 0. The summed E-state index contributed by atoms with van der Waals surface area (Å²) >= 11 is 2.08. The second-order valence-electron chi connectivity index (χ2n) is 5.32. The average Bonchev–Trinajstić information content (AvgIpc) is 2.59. The minimum atomic E-state index is 0.494. The van der Waals surface area contributed by atoms with Gasteiger partial charge in [0.05, 0.1) is 0 Å². The van der Waals surface area contributed by atoms with Gasteiger partial charge in [0.2, 0.25) is 0 Å². The summed E-state index contributed by atoms with van der Waals surface area (Å²) in [6, 6.07) is 7.04. The first-order chi connectivity index (χ1) is 7.20. The van der Waals surface area contributed by atoms with E-state index >= 15 is 0 Å². The molecule has 1 aliphatic carbocycles. The summed E-state index contributed by atoms with van der Waals surface area (Å²) in [5, 5.41) is 0. The van der Waals surface area contributed by atoms with E-state index in [1.165, 1.54) is 30.6 Å². The van der Waals surface area contributed by atoms with Gasteiger partial charge in [-0.05, 0) is 48.3 Å². The van der Waals surface area contributed by atoms with Crippen LogP contribution in [0.25, 0.3) is 0 Å². The highest BCUT2D eigenvalue weighted by Gasteiger charge is 2.43. The molecule has 0 unspecified atom stereocenters. The number of thioether (sulfide) groups is 1. The van der Waals surface area contributed by atoms with E-state index in [1.54, 1.807) is 10.5 Å². The molecule has 2 atom stereocenters. The molecule has 1 saturated carbocycles. The summed E-state index contributed by atoms with van der Waals surface area (Å²) in [6.45, 7) is 4.68. The Hall–Kier alpha value is -0.430. The molecule has 1 heteroatoms. The zero-order valence-corrected chi connectivity index (χ0v) is 10.4. The maximum atomic E-state index is 2.48. The fourth-order valence-corrected chi connectivity index (χ4v) is 4.91.